The summed E-state index contributed by atoms with van der Waals surface area (Å²) in [7, 11) is 0. The minimum Gasteiger partial charge on any atom is -0.383 e. The van der Waals surface area contributed by atoms with E-state index in [1.807, 2.05) is 6.07 Å². The summed E-state index contributed by atoms with van der Waals surface area (Å²) in [5, 5.41) is 3.24. The lowest BCUT2D eigenvalue weighted by molar-refractivity contribution is -0.119. The van der Waals surface area contributed by atoms with Crippen molar-refractivity contribution in [1.82, 2.24) is 14.8 Å². The summed E-state index contributed by atoms with van der Waals surface area (Å²) in [4.78, 5) is 30.8. The minimum atomic E-state index is -0.237. The first-order valence-corrected chi connectivity index (χ1v) is 8.59. The zero-order valence-corrected chi connectivity index (χ0v) is 14.4. The fraction of sp³-hybridized carbons (Fsp3) is 0.316. The number of rotatable bonds is 6. The van der Waals surface area contributed by atoms with E-state index in [2.05, 4.69) is 10.3 Å². The predicted octanol–water partition coefficient (Wildman–Crippen LogP) is 1.79. The zero-order chi connectivity index (χ0) is 18.4. The highest BCUT2D eigenvalue weighted by Gasteiger charge is 2.21. The van der Waals surface area contributed by atoms with Gasteiger partial charge in [-0.25, -0.2) is 9.37 Å². The zero-order valence-electron chi connectivity index (χ0n) is 14.4. The number of amides is 2. The number of aromatic nitrogens is 1. The normalized spacial score (nSPS) is 14.2. The molecule has 1 aliphatic heterocycles. The van der Waals surface area contributed by atoms with E-state index < -0.39 is 0 Å². The first-order chi connectivity index (χ1) is 12.7. The maximum Gasteiger partial charge on any atom is 0.272 e. The second-order valence-corrected chi connectivity index (χ2v) is 6.17. The van der Waals surface area contributed by atoms with Crippen molar-refractivity contribution >= 4 is 18.0 Å². The van der Waals surface area contributed by atoms with Gasteiger partial charge in [-0.3, -0.25) is 9.59 Å². The highest BCUT2D eigenvalue weighted by Crippen LogP contribution is 2.11. The van der Waals surface area contributed by atoms with Crippen LogP contribution in [0.1, 0.15) is 16.1 Å². The Hall–Kier alpha value is -2.96. The van der Waals surface area contributed by atoms with E-state index in [-0.39, 0.29) is 11.7 Å². The molecule has 0 atom stereocenters. The number of anilines is 1. The van der Waals surface area contributed by atoms with Gasteiger partial charge in [0, 0.05) is 32.7 Å². The molecule has 6 nitrogen and oxygen atoms in total. The maximum absolute atomic E-state index is 12.9. The Morgan fingerprint density at radius 1 is 1.12 bits per heavy atom. The van der Waals surface area contributed by atoms with E-state index in [1.165, 1.54) is 12.1 Å². The molecule has 1 saturated heterocycles. The number of benzene rings is 1. The Balaban J connectivity index is 1.49. The van der Waals surface area contributed by atoms with Crippen LogP contribution in [0.4, 0.5) is 10.1 Å². The maximum atomic E-state index is 12.9. The average Bonchev–Trinajstić information content (AvgIpc) is 2.69. The molecule has 1 N–H and O–H groups in total. The topological polar surface area (TPSA) is 65.5 Å². The van der Waals surface area contributed by atoms with Crippen molar-refractivity contribution in [2.24, 2.45) is 0 Å². The van der Waals surface area contributed by atoms with Gasteiger partial charge in [-0.05, 0) is 36.2 Å². The summed E-state index contributed by atoms with van der Waals surface area (Å²) in [5.74, 6) is -0.354. The van der Waals surface area contributed by atoms with Crippen LogP contribution in [0.15, 0.2) is 42.6 Å². The van der Waals surface area contributed by atoms with Crippen LogP contribution in [0.5, 0.6) is 0 Å². The summed E-state index contributed by atoms with van der Waals surface area (Å²) >= 11 is 0. The fourth-order valence-electron chi connectivity index (χ4n) is 2.82. The van der Waals surface area contributed by atoms with Crippen LogP contribution in [0.3, 0.4) is 0 Å². The largest absolute Gasteiger partial charge is 0.383 e. The highest BCUT2D eigenvalue weighted by atomic mass is 19.1. The summed E-state index contributed by atoms with van der Waals surface area (Å²) < 4.78 is 12.9. The third kappa shape index (κ3) is 4.56. The number of piperazine rings is 1. The molecule has 26 heavy (non-hydrogen) atoms. The molecule has 2 aromatic rings. The first-order valence-electron chi connectivity index (χ1n) is 8.59. The third-order valence-corrected chi connectivity index (χ3v) is 4.39. The molecule has 0 saturated carbocycles. The molecular weight excluding hydrogens is 335 g/mol. The quantitative estimate of drug-likeness (QED) is 0.802. The van der Waals surface area contributed by atoms with Crippen LogP contribution < -0.4 is 5.32 Å². The molecule has 1 aromatic carbocycles. The molecule has 2 heterocycles. The molecule has 2 amide bonds. The second kappa shape index (κ2) is 8.42. The predicted molar refractivity (Wildman–Crippen MR) is 96.4 cm³/mol. The Bertz CT molecular complexity index is 741. The standard InChI is InChI=1S/C19H21FN4O2/c20-16-3-1-15(2-4-16)7-8-21-17-5-6-18(22-13-17)19(26)24-11-9-23(14-25)10-12-24/h1-6,13-14,21H,7-12H2. The van der Waals surface area contributed by atoms with Crippen molar-refractivity contribution in [2.45, 2.75) is 6.42 Å². The minimum absolute atomic E-state index is 0.117. The summed E-state index contributed by atoms with van der Waals surface area (Å²) in [5.41, 5.74) is 2.27. The Morgan fingerprint density at radius 2 is 1.85 bits per heavy atom. The van der Waals surface area contributed by atoms with Crippen molar-refractivity contribution < 1.29 is 14.0 Å². The molecule has 1 fully saturated rings. The van der Waals surface area contributed by atoms with Crippen LogP contribution in [0, 0.1) is 5.82 Å². The summed E-state index contributed by atoms with van der Waals surface area (Å²) in [6, 6.07) is 9.96. The molecular formula is C19H21FN4O2. The summed E-state index contributed by atoms with van der Waals surface area (Å²) in [6.45, 7) is 2.85. The van der Waals surface area contributed by atoms with E-state index in [0.29, 0.717) is 38.4 Å². The van der Waals surface area contributed by atoms with Gasteiger partial charge in [-0.2, -0.15) is 0 Å². The van der Waals surface area contributed by atoms with Crippen molar-refractivity contribution in [3.63, 3.8) is 0 Å². The smallest absolute Gasteiger partial charge is 0.272 e. The van der Waals surface area contributed by atoms with E-state index in [4.69, 9.17) is 0 Å². The molecule has 0 bridgehead atoms. The third-order valence-electron chi connectivity index (χ3n) is 4.39. The Morgan fingerprint density at radius 3 is 2.46 bits per heavy atom. The van der Waals surface area contributed by atoms with E-state index >= 15 is 0 Å². The van der Waals surface area contributed by atoms with Gasteiger partial charge in [0.05, 0.1) is 11.9 Å². The Labute approximate surface area is 151 Å². The lowest BCUT2D eigenvalue weighted by Gasteiger charge is -2.32. The number of carbonyl (C=O) groups is 2. The summed E-state index contributed by atoms with van der Waals surface area (Å²) in [6.07, 6.45) is 3.22. The van der Waals surface area contributed by atoms with Gasteiger partial charge in [-0.1, -0.05) is 12.1 Å². The van der Waals surface area contributed by atoms with E-state index in [1.54, 1.807) is 34.2 Å². The van der Waals surface area contributed by atoms with Crippen molar-refractivity contribution in [2.75, 3.05) is 38.0 Å². The molecule has 0 aliphatic carbocycles. The molecule has 0 unspecified atom stereocenters. The molecule has 1 aliphatic rings. The van der Waals surface area contributed by atoms with Crippen LogP contribution in [0.25, 0.3) is 0 Å². The molecule has 0 radical (unpaired) electrons. The lowest BCUT2D eigenvalue weighted by atomic mass is 10.1. The number of nitrogens with one attached hydrogen (secondary N) is 1. The van der Waals surface area contributed by atoms with Gasteiger partial charge in [0.25, 0.3) is 5.91 Å². The van der Waals surface area contributed by atoms with Crippen molar-refractivity contribution in [3.8, 4) is 0 Å². The second-order valence-electron chi connectivity index (χ2n) is 6.17. The van der Waals surface area contributed by atoms with Gasteiger partial charge in [0.15, 0.2) is 0 Å². The van der Waals surface area contributed by atoms with Gasteiger partial charge in [0.1, 0.15) is 11.5 Å². The monoisotopic (exact) mass is 356 g/mol. The lowest BCUT2D eigenvalue weighted by Crippen LogP contribution is -2.48. The van der Waals surface area contributed by atoms with E-state index in [9.17, 15) is 14.0 Å². The van der Waals surface area contributed by atoms with Gasteiger partial charge in [0.2, 0.25) is 6.41 Å². The van der Waals surface area contributed by atoms with Crippen LogP contribution in [0.2, 0.25) is 0 Å². The van der Waals surface area contributed by atoms with Gasteiger partial charge in [-0.15, -0.1) is 0 Å². The molecule has 7 heteroatoms. The number of nitrogens with zero attached hydrogens (tertiary/aromatic N) is 3. The van der Waals surface area contributed by atoms with Crippen LogP contribution in [-0.4, -0.2) is 59.8 Å². The number of carbonyl (C=O) groups excluding carboxylic acids is 2. The van der Waals surface area contributed by atoms with Crippen LogP contribution in [-0.2, 0) is 11.2 Å². The molecule has 136 valence electrons. The number of hydrogen-bond acceptors (Lipinski definition) is 4. The SMILES string of the molecule is O=CN1CCN(C(=O)c2ccc(NCCc3ccc(F)cc3)cn2)CC1. The van der Waals surface area contributed by atoms with Gasteiger partial charge >= 0.3 is 0 Å². The van der Waals surface area contributed by atoms with Crippen molar-refractivity contribution in [3.05, 3.63) is 59.7 Å². The highest BCUT2D eigenvalue weighted by molar-refractivity contribution is 5.92. The Kier molecular flexibility index (Phi) is 5.78. The fourth-order valence-corrected chi connectivity index (χ4v) is 2.82. The molecule has 1 aromatic heterocycles. The number of hydrogen-bond donors (Lipinski definition) is 1. The molecule has 0 spiro atoms. The van der Waals surface area contributed by atoms with Crippen molar-refractivity contribution in [1.29, 1.82) is 0 Å². The average molecular weight is 356 g/mol. The van der Waals surface area contributed by atoms with Crippen LogP contribution >= 0.6 is 0 Å². The number of pyridine rings is 1. The van der Waals surface area contributed by atoms with E-state index in [0.717, 1.165) is 24.1 Å². The molecule has 3 rings (SSSR count). The van der Waals surface area contributed by atoms with Gasteiger partial charge < -0.3 is 15.1 Å². The first kappa shape index (κ1) is 17.8. The number of halogens is 1.